The van der Waals surface area contributed by atoms with E-state index in [1.165, 1.54) is 25.9 Å². The maximum Gasteiger partial charge on any atom is 0.108 e. The minimum Gasteiger partial charge on any atom is -0.253 e. The van der Waals surface area contributed by atoms with Crippen molar-refractivity contribution < 1.29 is 0 Å². The molecule has 0 atom stereocenters. The Morgan fingerprint density at radius 2 is 1.45 bits per heavy atom. The van der Waals surface area contributed by atoms with Crippen molar-refractivity contribution in [1.29, 1.82) is 0 Å². The molecule has 0 bridgehead atoms. The Kier molecular flexibility index (Phi) is 4.32. The van der Waals surface area contributed by atoms with Crippen molar-refractivity contribution in [2.45, 2.75) is 39.5 Å². The number of thiophene rings is 1. The topological polar surface area (TPSA) is 38.7 Å². The van der Waals surface area contributed by atoms with Gasteiger partial charge in [-0.3, -0.25) is 9.97 Å². The van der Waals surface area contributed by atoms with Gasteiger partial charge in [-0.25, -0.2) is 4.98 Å². The first-order valence-electron chi connectivity index (χ1n) is 10.1. The number of aromatic nitrogens is 3. The lowest BCUT2D eigenvalue weighted by Gasteiger charge is -2.13. The molecule has 0 fully saturated rings. The van der Waals surface area contributed by atoms with Crippen molar-refractivity contribution in [2.75, 3.05) is 0 Å². The number of hydrogen-bond donors (Lipinski definition) is 0. The minimum atomic E-state index is 0.426. The molecule has 0 aliphatic carbocycles. The Bertz CT molecular complexity index is 1370. The summed E-state index contributed by atoms with van der Waals surface area (Å²) in [5, 5.41) is 1.23. The molecule has 0 spiro atoms. The Morgan fingerprint density at radius 1 is 0.759 bits per heavy atom. The van der Waals surface area contributed by atoms with Gasteiger partial charge in [0.25, 0.3) is 0 Å². The van der Waals surface area contributed by atoms with E-state index in [4.69, 9.17) is 9.97 Å². The average molecular weight is 398 g/mol. The maximum absolute atomic E-state index is 5.02. The minimum absolute atomic E-state index is 0.426. The average Bonchev–Trinajstić information content (AvgIpc) is 3.11. The van der Waals surface area contributed by atoms with Crippen LogP contribution in [0.2, 0.25) is 0 Å². The van der Waals surface area contributed by atoms with Gasteiger partial charge in [-0.2, -0.15) is 0 Å². The molecule has 4 heterocycles. The highest BCUT2D eigenvalue weighted by molar-refractivity contribution is 7.26. The molecule has 4 aromatic heterocycles. The monoisotopic (exact) mass is 397 g/mol. The van der Waals surface area contributed by atoms with Crippen LogP contribution in [0.5, 0.6) is 0 Å². The van der Waals surface area contributed by atoms with Gasteiger partial charge in [-0.15, -0.1) is 11.3 Å². The van der Waals surface area contributed by atoms with E-state index < -0.39 is 0 Å². The second-order valence-electron chi connectivity index (χ2n) is 8.14. The van der Waals surface area contributed by atoms with E-state index in [0.717, 1.165) is 27.8 Å². The van der Waals surface area contributed by atoms with Gasteiger partial charge < -0.3 is 0 Å². The number of nitrogens with zero attached hydrogens (tertiary/aromatic N) is 3. The summed E-state index contributed by atoms with van der Waals surface area (Å²) in [7, 11) is 0. The van der Waals surface area contributed by atoms with Crippen LogP contribution in [0.4, 0.5) is 0 Å². The van der Waals surface area contributed by atoms with Gasteiger partial charge in [0, 0.05) is 23.3 Å². The zero-order chi connectivity index (χ0) is 20.1. The van der Waals surface area contributed by atoms with E-state index >= 15 is 0 Å². The molecule has 0 saturated carbocycles. The van der Waals surface area contributed by atoms with Crippen molar-refractivity contribution in [1.82, 2.24) is 15.0 Å². The van der Waals surface area contributed by atoms with Gasteiger partial charge in [-0.05, 0) is 47.2 Å². The summed E-state index contributed by atoms with van der Waals surface area (Å²) < 4.78 is 2.41. The molecule has 29 heavy (non-hydrogen) atoms. The molecule has 0 amide bonds. The smallest absolute Gasteiger partial charge is 0.108 e. The van der Waals surface area contributed by atoms with Crippen LogP contribution in [0.25, 0.3) is 42.6 Å². The molecule has 0 radical (unpaired) electrons. The normalized spacial score (nSPS) is 12.1. The predicted molar refractivity (Wildman–Crippen MR) is 124 cm³/mol. The van der Waals surface area contributed by atoms with Crippen LogP contribution in [-0.4, -0.2) is 15.0 Å². The van der Waals surface area contributed by atoms with Crippen LogP contribution in [-0.2, 0) is 0 Å². The van der Waals surface area contributed by atoms with Crippen molar-refractivity contribution >= 4 is 42.7 Å². The SMILES string of the molecule is CC(C)c1cc(-c2ccnc3c2sc2c(C(C)C)ccnc23)nc2ccccc12. The highest BCUT2D eigenvalue weighted by Gasteiger charge is 2.18. The fourth-order valence-corrected chi connectivity index (χ4v) is 5.44. The molecule has 0 saturated heterocycles. The first kappa shape index (κ1) is 18.2. The number of hydrogen-bond acceptors (Lipinski definition) is 4. The standard InChI is InChI=1S/C25H23N3S/c1-14(2)16-9-11-26-22-23-25(29-24(16)22)18(10-12-27-23)21-13-19(15(3)4)17-7-5-6-8-20(17)28-21/h5-15H,1-4H3. The Labute approximate surface area is 174 Å². The van der Waals surface area contributed by atoms with Crippen molar-refractivity contribution in [2.24, 2.45) is 0 Å². The number of rotatable bonds is 3. The van der Waals surface area contributed by atoms with Crippen molar-refractivity contribution in [3.05, 3.63) is 66.0 Å². The van der Waals surface area contributed by atoms with Crippen LogP contribution in [0.1, 0.15) is 50.7 Å². The summed E-state index contributed by atoms with van der Waals surface area (Å²) >= 11 is 1.79. The first-order valence-corrected chi connectivity index (χ1v) is 10.9. The largest absolute Gasteiger partial charge is 0.253 e. The van der Waals surface area contributed by atoms with Gasteiger partial charge in [-0.1, -0.05) is 45.9 Å². The summed E-state index contributed by atoms with van der Waals surface area (Å²) in [4.78, 5) is 14.4. The quantitative estimate of drug-likeness (QED) is 0.320. The molecular weight excluding hydrogens is 374 g/mol. The van der Waals surface area contributed by atoms with Crippen LogP contribution in [0.15, 0.2) is 54.9 Å². The summed E-state index contributed by atoms with van der Waals surface area (Å²) in [6.45, 7) is 8.94. The van der Waals surface area contributed by atoms with E-state index in [2.05, 4.69) is 75.1 Å². The molecule has 0 aliphatic rings. The van der Waals surface area contributed by atoms with Crippen LogP contribution in [0, 0.1) is 0 Å². The third kappa shape index (κ3) is 2.90. The third-order valence-electron chi connectivity index (χ3n) is 5.54. The predicted octanol–water partition coefficient (Wildman–Crippen LogP) is 7.31. The van der Waals surface area contributed by atoms with Crippen LogP contribution >= 0.6 is 11.3 Å². The van der Waals surface area contributed by atoms with Crippen molar-refractivity contribution in [3.63, 3.8) is 0 Å². The van der Waals surface area contributed by atoms with E-state index in [9.17, 15) is 0 Å². The Hall–Kier alpha value is -2.85. The van der Waals surface area contributed by atoms with Gasteiger partial charge in [0.15, 0.2) is 0 Å². The molecule has 1 aromatic carbocycles. The van der Waals surface area contributed by atoms with Gasteiger partial charge in [0.2, 0.25) is 0 Å². The van der Waals surface area contributed by atoms with Gasteiger partial charge in [0.05, 0.1) is 20.6 Å². The molecular formula is C25H23N3S. The number of pyridine rings is 3. The Balaban J connectivity index is 1.84. The van der Waals surface area contributed by atoms with E-state index in [0.29, 0.717) is 11.8 Å². The number of fused-ring (bicyclic) bond motifs is 4. The molecule has 5 aromatic rings. The fraction of sp³-hybridized carbons (Fsp3) is 0.240. The lowest BCUT2D eigenvalue weighted by Crippen LogP contribution is -1.95. The summed E-state index contributed by atoms with van der Waals surface area (Å²) in [6, 6.07) is 14.9. The number of para-hydroxylation sites is 1. The molecule has 4 heteroatoms. The highest BCUT2D eigenvalue weighted by atomic mass is 32.1. The lowest BCUT2D eigenvalue weighted by atomic mass is 9.96. The maximum atomic E-state index is 5.02. The molecule has 0 N–H and O–H groups in total. The second kappa shape index (κ2) is 6.89. The molecule has 5 rings (SSSR count). The zero-order valence-corrected chi connectivity index (χ0v) is 17.9. The summed E-state index contributed by atoms with van der Waals surface area (Å²) in [5.41, 5.74) is 7.84. The molecule has 0 unspecified atom stereocenters. The molecule has 3 nitrogen and oxygen atoms in total. The van der Waals surface area contributed by atoms with Crippen molar-refractivity contribution in [3.8, 4) is 11.3 Å². The lowest BCUT2D eigenvalue weighted by molar-refractivity contribution is 0.875. The van der Waals surface area contributed by atoms with E-state index in [1.807, 2.05) is 12.4 Å². The Morgan fingerprint density at radius 3 is 2.21 bits per heavy atom. The van der Waals surface area contributed by atoms with Gasteiger partial charge >= 0.3 is 0 Å². The number of benzene rings is 1. The summed E-state index contributed by atoms with van der Waals surface area (Å²) in [5.74, 6) is 0.874. The zero-order valence-electron chi connectivity index (χ0n) is 17.1. The van der Waals surface area contributed by atoms with Crippen LogP contribution < -0.4 is 0 Å². The summed E-state index contributed by atoms with van der Waals surface area (Å²) in [6.07, 6.45) is 3.79. The second-order valence-corrected chi connectivity index (χ2v) is 9.16. The van der Waals surface area contributed by atoms with E-state index in [1.54, 1.807) is 11.3 Å². The van der Waals surface area contributed by atoms with Crippen LogP contribution in [0.3, 0.4) is 0 Å². The first-order chi connectivity index (χ1) is 14.0. The fourth-order valence-electron chi connectivity index (χ4n) is 4.04. The third-order valence-corrected chi connectivity index (χ3v) is 6.79. The van der Waals surface area contributed by atoms with E-state index in [-0.39, 0.29) is 0 Å². The molecule has 0 aliphatic heterocycles. The van der Waals surface area contributed by atoms with Gasteiger partial charge in [0.1, 0.15) is 11.0 Å². The highest BCUT2D eigenvalue weighted by Crippen LogP contribution is 2.41. The molecule has 144 valence electrons.